The maximum Gasteiger partial charge on any atom is 0.197 e. The van der Waals surface area contributed by atoms with Gasteiger partial charge in [0.2, 0.25) is 0 Å². The molecule has 0 spiro atoms. The van der Waals surface area contributed by atoms with Crippen molar-refractivity contribution in [2.45, 2.75) is 18.5 Å². The smallest absolute Gasteiger partial charge is 0.197 e. The molecule has 0 saturated carbocycles. The molecule has 0 radical (unpaired) electrons. The van der Waals surface area contributed by atoms with Gasteiger partial charge in [0.05, 0.1) is 21.8 Å². The Hall–Kier alpha value is -1.40. The molecule has 2 aromatic rings. The Morgan fingerprint density at radius 3 is 3.11 bits per heavy atom. The maximum absolute atomic E-state index is 12.0. The molecule has 0 aliphatic heterocycles. The third kappa shape index (κ3) is 3.08. The van der Waals surface area contributed by atoms with Crippen LogP contribution in [0.4, 0.5) is 5.69 Å². The molecule has 0 aliphatic rings. The number of hydrogen-bond donors (Lipinski definition) is 2. The van der Waals surface area contributed by atoms with Gasteiger partial charge in [-0.25, -0.2) is 4.98 Å². The van der Waals surface area contributed by atoms with Crippen molar-refractivity contribution in [2.24, 2.45) is 0 Å². The van der Waals surface area contributed by atoms with Crippen molar-refractivity contribution in [3.05, 3.63) is 18.2 Å². The average Bonchev–Trinajstić information content (AvgIpc) is 2.77. The number of anilines is 1. The molecular formula is C12H17N3O2S. The lowest BCUT2D eigenvalue weighted by atomic mass is 10.3. The number of imidazole rings is 1. The Morgan fingerprint density at radius 1 is 1.50 bits per heavy atom. The normalized spacial score (nSPS) is 12.9. The van der Waals surface area contributed by atoms with Crippen LogP contribution in [0.15, 0.2) is 23.4 Å². The van der Waals surface area contributed by atoms with Crippen molar-refractivity contribution >= 4 is 27.5 Å². The molecule has 1 atom stereocenters. The number of nitrogens with two attached hydrogens (primary N) is 1. The van der Waals surface area contributed by atoms with Crippen molar-refractivity contribution < 1.29 is 8.95 Å². The van der Waals surface area contributed by atoms with Gasteiger partial charge in [0.25, 0.3) is 0 Å². The lowest BCUT2D eigenvalue weighted by molar-refractivity contribution is 0.149. The highest BCUT2D eigenvalue weighted by atomic mass is 32.2. The number of fused-ring (bicyclic) bond motifs is 1. The topological polar surface area (TPSA) is 81.0 Å². The maximum atomic E-state index is 12.0. The first-order valence-corrected chi connectivity index (χ1v) is 7.24. The van der Waals surface area contributed by atoms with Crippen LogP contribution in [-0.2, 0) is 15.5 Å². The van der Waals surface area contributed by atoms with Gasteiger partial charge in [-0.3, -0.25) is 4.21 Å². The van der Waals surface area contributed by atoms with E-state index < -0.39 is 10.8 Å². The van der Waals surface area contributed by atoms with Crippen LogP contribution in [-0.4, -0.2) is 33.1 Å². The van der Waals surface area contributed by atoms with Gasteiger partial charge >= 0.3 is 0 Å². The van der Waals surface area contributed by atoms with Gasteiger partial charge in [-0.2, -0.15) is 0 Å². The molecule has 0 fully saturated rings. The molecule has 0 aliphatic carbocycles. The molecule has 0 amide bonds. The van der Waals surface area contributed by atoms with Gasteiger partial charge in [0.1, 0.15) is 0 Å². The Morgan fingerprint density at radius 2 is 2.33 bits per heavy atom. The van der Waals surface area contributed by atoms with E-state index in [2.05, 4.69) is 9.97 Å². The van der Waals surface area contributed by atoms with Crippen molar-refractivity contribution in [1.82, 2.24) is 9.97 Å². The number of hydrogen-bond acceptors (Lipinski definition) is 4. The van der Waals surface area contributed by atoms with Crippen molar-refractivity contribution in [2.75, 3.05) is 24.7 Å². The molecule has 98 valence electrons. The number of aromatic amines is 1. The highest BCUT2D eigenvalue weighted by Gasteiger charge is 2.09. The second-order valence-corrected chi connectivity index (χ2v) is 5.40. The summed E-state index contributed by atoms with van der Waals surface area (Å²) in [5.74, 6) is 0.551. The van der Waals surface area contributed by atoms with Crippen LogP contribution in [0, 0.1) is 0 Å². The first-order chi connectivity index (χ1) is 8.70. The average molecular weight is 267 g/mol. The second kappa shape index (κ2) is 5.97. The molecular weight excluding hydrogens is 250 g/mol. The lowest BCUT2D eigenvalue weighted by Crippen LogP contribution is -2.04. The molecule has 0 bridgehead atoms. The summed E-state index contributed by atoms with van der Waals surface area (Å²) < 4.78 is 17.2. The van der Waals surface area contributed by atoms with Gasteiger partial charge in [-0.05, 0) is 31.5 Å². The molecule has 6 heteroatoms. The van der Waals surface area contributed by atoms with Gasteiger partial charge in [-0.15, -0.1) is 0 Å². The number of ether oxygens (including phenoxy) is 1. The second-order valence-electron chi connectivity index (χ2n) is 3.92. The molecule has 18 heavy (non-hydrogen) atoms. The summed E-state index contributed by atoms with van der Waals surface area (Å²) in [6.45, 7) is 3.27. The fraction of sp³-hybridized carbons (Fsp3) is 0.417. The summed E-state index contributed by atoms with van der Waals surface area (Å²) in [5.41, 5.74) is 7.96. The predicted octanol–water partition coefficient (Wildman–Crippen LogP) is 1.68. The Balaban J connectivity index is 2.04. The number of nitrogens with zero attached hydrogens (tertiary/aromatic N) is 1. The van der Waals surface area contributed by atoms with Crippen LogP contribution in [0.5, 0.6) is 0 Å². The minimum Gasteiger partial charge on any atom is -0.399 e. The molecule has 2 rings (SSSR count). The fourth-order valence-corrected chi connectivity index (χ4v) is 2.64. The zero-order valence-electron chi connectivity index (χ0n) is 10.3. The fourth-order valence-electron chi connectivity index (χ4n) is 1.64. The number of nitrogen functional groups attached to an aromatic ring is 1. The first-order valence-electron chi connectivity index (χ1n) is 5.92. The first kappa shape index (κ1) is 13.0. The molecule has 3 N–H and O–H groups in total. The standard InChI is InChI=1S/C12H17N3O2S/c1-2-17-6-3-7-18(16)12-14-10-5-4-9(13)8-11(10)15-12/h4-5,8H,2-3,6-7,13H2,1H3,(H,14,15). The number of H-pyrrole nitrogens is 1. The molecule has 0 saturated heterocycles. The van der Waals surface area contributed by atoms with E-state index in [9.17, 15) is 4.21 Å². The molecule has 1 aromatic carbocycles. The van der Waals surface area contributed by atoms with Gasteiger partial charge in [0.15, 0.2) is 5.16 Å². The van der Waals surface area contributed by atoms with Crippen molar-refractivity contribution in [3.63, 3.8) is 0 Å². The quantitative estimate of drug-likeness (QED) is 0.616. The number of nitrogens with one attached hydrogen (secondary N) is 1. The number of aromatic nitrogens is 2. The van der Waals surface area contributed by atoms with Gasteiger partial charge in [0, 0.05) is 24.7 Å². The van der Waals surface area contributed by atoms with E-state index in [1.165, 1.54) is 0 Å². The SMILES string of the molecule is CCOCCCS(=O)c1nc2ccc(N)cc2[nH]1. The summed E-state index contributed by atoms with van der Waals surface area (Å²) in [7, 11) is -1.11. The summed E-state index contributed by atoms with van der Waals surface area (Å²) in [4.78, 5) is 7.35. The van der Waals surface area contributed by atoms with Crippen molar-refractivity contribution in [3.8, 4) is 0 Å². The van der Waals surface area contributed by atoms with E-state index >= 15 is 0 Å². The van der Waals surface area contributed by atoms with Crippen LogP contribution >= 0.6 is 0 Å². The highest BCUT2D eigenvalue weighted by molar-refractivity contribution is 7.84. The van der Waals surface area contributed by atoms with Crippen LogP contribution < -0.4 is 5.73 Å². The number of rotatable bonds is 6. The minimum atomic E-state index is -1.11. The summed E-state index contributed by atoms with van der Waals surface area (Å²) in [6.07, 6.45) is 0.764. The van der Waals surface area contributed by atoms with Crippen LogP contribution in [0.3, 0.4) is 0 Å². The molecule has 1 heterocycles. The van der Waals surface area contributed by atoms with Crippen molar-refractivity contribution in [1.29, 1.82) is 0 Å². The largest absolute Gasteiger partial charge is 0.399 e. The van der Waals surface area contributed by atoms with Crippen LogP contribution in [0.1, 0.15) is 13.3 Å². The third-order valence-corrected chi connectivity index (χ3v) is 3.81. The monoisotopic (exact) mass is 267 g/mol. The molecule has 1 aromatic heterocycles. The summed E-state index contributed by atoms with van der Waals surface area (Å²) in [5, 5.41) is 0.507. The van der Waals surface area contributed by atoms with Crippen LogP contribution in [0.2, 0.25) is 0 Å². The Labute approximate surface area is 108 Å². The van der Waals surface area contributed by atoms with Gasteiger partial charge in [-0.1, -0.05) is 0 Å². The van der Waals surface area contributed by atoms with E-state index in [1.54, 1.807) is 12.1 Å². The zero-order valence-corrected chi connectivity index (χ0v) is 11.1. The number of benzene rings is 1. The van der Waals surface area contributed by atoms with E-state index in [4.69, 9.17) is 10.5 Å². The highest BCUT2D eigenvalue weighted by Crippen LogP contribution is 2.16. The predicted molar refractivity (Wildman–Crippen MR) is 72.9 cm³/mol. The molecule has 1 unspecified atom stereocenters. The third-order valence-electron chi connectivity index (χ3n) is 2.52. The van der Waals surface area contributed by atoms with Gasteiger partial charge < -0.3 is 15.5 Å². The Kier molecular flexibility index (Phi) is 4.33. The summed E-state index contributed by atoms with van der Waals surface area (Å²) in [6, 6.07) is 5.40. The Bertz CT molecular complexity index is 553. The summed E-state index contributed by atoms with van der Waals surface area (Å²) >= 11 is 0. The van der Waals surface area contributed by atoms with E-state index in [1.807, 2.05) is 13.0 Å². The van der Waals surface area contributed by atoms with E-state index in [0.717, 1.165) is 17.5 Å². The molecule has 5 nitrogen and oxygen atoms in total. The lowest BCUT2D eigenvalue weighted by Gasteiger charge is -1.99. The van der Waals surface area contributed by atoms with Crippen LogP contribution in [0.25, 0.3) is 11.0 Å². The zero-order chi connectivity index (χ0) is 13.0. The van der Waals surface area contributed by atoms with E-state index in [-0.39, 0.29) is 0 Å². The van der Waals surface area contributed by atoms with E-state index in [0.29, 0.717) is 29.8 Å². The minimum absolute atomic E-state index is 0.507.